The molecule has 2 unspecified atom stereocenters. The molecular formula is C30H36N6O. The van der Waals surface area contributed by atoms with Gasteiger partial charge in [0.25, 0.3) is 0 Å². The lowest BCUT2D eigenvalue weighted by molar-refractivity contribution is 0.187. The summed E-state index contributed by atoms with van der Waals surface area (Å²) in [7, 11) is 2.17. The Morgan fingerprint density at radius 2 is 2.00 bits per heavy atom. The number of nitrogens with one attached hydrogen (secondary N) is 1. The molecule has 1 aliphatic carbocycles. The van der Waals surface area contributed by atoms with Crippen LogP contribution in [-0.4, -0.2) is 66.8 Å². The van der Waals surface area contributed by atoms with Gasteiger partial charge in [0, 0.05) is 37.3 Å². The normalized spacial score (nSPS) is 24.1. The molecule has 3 aliphatic rings. The Morgan fingerprint density at radius 1 is 1.11 bits per heavy atom. The number of benzene rings is 2. The first-order valence-electron chi connectivity index (χ1n) is 13.8. The van der Waals surface area contributed by atoms with E-state index in [2.05, 4.69) is 70.7 Å². The molecule has 2 fully saturated rings. The number of hydrogen-bond donors (Lipinski definition) is 1. The van der Waals surface area contributed by atoms with E-state index in [-0.39, 0.29) is 6.04 Å². The molecule has 1 aromatic heterocycles. The number of fused-ring (bicyclic) bond motifs is 2. The van der Waals surface area contributed by atoms with E-state index < -0.39 is 0 Å². The number of likely N-dealkylation sites (tertiary alicyclic amines) is 1. The average Bonchev–Trinajstić information content (AvgIpc) is 3.35. The predicted molar refractivity (Wildman–Crippen MR) is 146 cm³/mol. The molecular weight excluding hydrogens is 460 g/mol. The number of aromatic nitrogens is 2. The maximum Gasteiger partial charge on any atom is 0.318 e. The highest BCUT2D eigenvalue weighted by molar-refractivity contribution is 5.86. The fourth-order valence-corrected chi connectivity index (χ4v) is 6.40. The fraction of sp³-hybridized carbons (Fsp3) is 0.500. The van der Waals surface area contributed by atoms with Crippen molar-refractivity contribution in [3.63, 3.8) is 0 Å². The van der Waals surface area contributed by atoms with Crippen molar-refractivity contribution in [2.24, 2.45) is 0 Å². The summed E-state index contributed by atoms with van der Waals surface area (Å²) in [6, 6.07) is 18.8. The van der Waals surface area contributed by atoms with Gasteiger partial charge in [0.15, 0.2) is 0 Å². The first-order valence-corrected chi connectivity index (χ1v) is 13.8. The van der Waals surface area contributed by atoms with Crippen LogP contribution in [0.25, 0.3) is 10.8 Å². The van der Waals surface area contributed by atoms with Gasteiger partial charge >= 0.3 is 6.01 Å². The summed E-state index contributed by atoms with van der Waals surface area (Å²) < 4.78 is 6.28. The number of likely N-dealkylation sites (N-methyl/N-ethyl adjacent to an activating group) is 1. The van der Waals surface area contributed by atoms with Gasteiger partial charge in [-0.3, -0.25) is 0 Å². The summed E-state index contributed by atoms with van der Waals surface area (Å²) >= 11 is 0. The summed E-state index contributed by atoms with van der Waals surface area (Å²) in [6.07, 6.45) is 5.81. The zero-order valence-electron chi connectivity index (χ0n) is 21.7. The Labute approximate surface area is 219 Å². The van der Waals surface area contributed by atoms with Gasteiger partial charge in [-0.1, -0.05) is 42.5 Å². The maximum atomic E-state index is 9.26. The van der Waals surface area contributed by atoms with Crippen molar-refractivity contribution in [1.29, 1.82) is 5.26 Å². The number of nitrogens with zero attached hydrogens (tertiary/aromatic N) is 5. The monoisotopic (exact) mass is 496 g/mol. The number of rotatable bonds is 6. The minimum atomic E-state index is 0.160. The minimum Gasteiger partial charge on any atom is -0.462 e. The van der Waals surface area contributed by atoms with Crippen molar-refractivity contribution < 1.29 is 4.74 Å². The Morgan fingerprint density at radius 3 is 2.86 bits per heavy atom. The van der Waals surface area contributed by atoms with Crippen molar-refractivity contribution >= 4 is 16.6 Å². The predicted octanol–water partition coefficient (Wildman–Crippen LogP) is 4.07. The number of ether oxygens (including phenoxy) is 1. The second-order valence-corrected chi connectivity index (χ2v) is 10.8. The van der Waals surface area contributed by atoms with Crippen LogP contribution < -0.4 is 15.0 Å². The van der Waals surface area contributed by atoms with E-state index in [9.17, 15) is 5.26 Å². The van der Waals surface area contributed by atoms with Crippen LogP contribution >= 0.6 is 0 Å². The first-order chi connectivity index (χ1) is 18.2. The quantitative estimate of drug-likeness (QED) is 0.551. The van der Waals surface area contributed by atoms with E-state index in [0.717, 1.165) is 63.4 Å². The summed E-state index contributed by atoms with van der Waals surface area (Å²) in [5.74, 6) is 1.44. The molecule has 2 aliphatic heterocycles. The van der Waals surface area contributed by atoms with Crippen molar-refractivity contribution in [1.82, 2.24) is 20.2 Å². The Kier molecular flexibility index (Phi) is 6.95. The number of anilines is 1. The highest BCUT2D eigenvalue weighted by Gasteiger charge is 2.31. The first kappa shape index (κ1) is 24.1. The van der Waals surface area contributed by atoms with Crippen molar-refractivity contribution in [2.75, 3.05) is 44.7 Å². The van der Waals surface area contributed by atoms with Gasteiger partial charge in [0.05, 0.1) is 18.2 Å². The Hall–Kier alpha value is -3.21. The number of nitriles is 1. The minimum absolute atomic E-state index is 0.160. The molecule has 0 spiro atoms. The summed E-state index contributed by atoms with van der Waals surface area (Å²) in [5.41, 5.74) is 3.80. The van der Waals surface area contributed by atoms with Gasteiger partial charge in [0.1, 0.15) is 12.4 Å². The molecule has 3 aromatic rings. The van der Waals surface area contributed by atoms with Gasteiger partial charge in [-0.25, -0.2) is 0 Å². The van der Waals surface area contributed by atoms with Crippen LogP contribution in [0.4, 0.5) is 5.82 Å². The van der Waals surface area contributed by atoms with Crippen LogP contribution in [0.2, 0.25) is 0 Å². The molecule has 0 saturated carbocycles. The van der Waals surface area contributed by atoms with Gasteiger partial charge in [-0.05, 0) is 68.0 Å². The molecule has 6 rings (SSSR count). The molecule has 2 aromatic carbocycles. The third-order valence-electron chi connectivity index (χ3n) is 8.47. The van der Waals surface area contributed by atoms with Gasteiger partial charge < -0.3 is 19.9 Å². The maximum absolute atomic E-state index is 9.26. The second kappa shape index (κ2) is 10.6. The van der Waals surface area contributed by atoms with E-state index in [1.54, 1.807) is 0 Å². The van der Waals surface area contributed by atoms with Crippen LogP contribution in [0.3, 0.4) is 0 Å². The SMILES string of the molecule is CN1CCC[C@H]1COc1nc2c(c(N3CCNC(CC#N)C3)n1)CCC(c1cccc3ccccc13)C2. The molecule has 7 nitrogen and oxygen atoms in total. The van der Waals surface area contributed by atoms with E-state index in [1.807, 2.05) is 0 Å². The Bertz CT molecular complexity index is 1300. The van der Waals surface area contributed by atoms with Gasteiger partial charge in [-0.2, -0.15) is 15.2 Å². The van der Waals surface area contributed by atoms with Gasteiger partial charge in [0.2, 0.25) is 0 Å². The lowest BCUT2D eigenvalue weighted by Gasteiger charge is -2.36. The molecule has 7 heteroatoms. The van der Waals surface area contributed by atoms with Crippen molar-refractivity contribution in [2.45, 2.75) is 56.5 Å². The third kappa shape index (κ3) is 5.01. The van der Waals surface area contributed by atoms with Crippen LogP contribution in [0, 0.1) is 11.3 Å². The molecule has 0 radical (unpaired) electrons. The van der Waals surface area contributed by atoms with E-state index in [1.165, 1.54) is 28.3 Å². The van der Waals surface area contributed by atoms with E-state index in [0.29, 0.717) is 31.0 Å². The van der Waals surface area contributed by atoms with Crippen molar-refractivity contribution in [3.05, 3.63) is 59.3 Å². The largest absolute Gasteiger partial charge is 0.462 e. The van der Waals surface area contributed by atoms with E-state index >= 15 is 0 Å². The average molecular weight is 497 g/mol. The summed E-state index contributed by atoms with van der Waals surface area (Å²) in [6.45, 7) is 4.27. The lowest BCUT2D eigenvalue weighted by Crippen LogP contribution is -2.51. The standard InChI is InChI=1S/C30H36N6O/c1-35-16-5-8-24(35)20-37-30-33-28-18-22(26-10-4-7-21-6-2-3-9-25(21)26)11-12-27(28)29(34-30)36-17-15-32-23(19-36)13-14-31/h2-4,6-7,9-10,22-24,32H,5,8,11-13,15-20H2,1H3/t22?,23?,24-/m0/s1. The van der Waals surface area contributed by atoms with Crippen molar-refractivity contribution in [3.8, 4) is 12.1 Å². The third-order valence-corrected chi connectivity index (χ3v) is 8.47. The molecule has 1 N–H and O–H groups in total. The van der Waals surface area contributed by atoms with Crippen LogP contribution in [-0.2, 0) is 12.8 Å². The summed E-state index contributed by atoms with van der Waals surface area (Å²) in [4.78, 5) is 14.7. The smallest absolute Gasteiger partial charge is 0.318 e. The zero-order valence-corrected chi connectivity index (χ0v) is 21.7. The molecule has 2 saturated heterocycles. The zero-order chi connectivity index (χ0) is 25.2. The van der Waals surface area contributed by atoms with E-state index in [4.69, 9.17) is 14.7 Å². The number of piperazine rings is 1. The molecule has 37 heavy (non-hydrogen) atoms. The molecule has 192 valence electrons. The van der Waals surface area contributed by atoms with Crippen LogP contribution in [0.5, 0.6) is 6.01 Å². The fourth-order valence-electron chi connectivity index (χ4n) is 6.40. The molecule has 0 bridgehead atoms. The second-order valence-electron chi connectivity index (χ2n) is 10.8. The highest BCUT2D eigenvalue weighted by Crippen LogP contribution is 2.39. The molecule has 3 atom stereocenters. The lowest BCUT2D eigenvalue weighted by atomic mass is 9.80. The van der Waals surface area contributed by atoms with Crippen LogP contribution in [0.1, 0.15) is 48.4 Å². The number of hydrogen-bond acceptors (Lipinski definition) is 7. The highest BCUT2D eigenvalue weighted by atomic mass is 16.5. The molecule has 0 amide bonds. The van der Waals surface area contributed by atoms with Gasteiger partial charge in [-0.15, -0.1) is 0 Å². The molecule has 3 heterocycles. The summed E-state index contributed by atoms with van der Waals surface area (Å²) in [5, 5.41) is 15.4. The topological polar surface area (TPSA) is 77.3 Å². The van der Waals surface area contributed by atoms with Crippen LogP contribution in [0.15, 0.2) is 42.5 Å². The Balaban J connectivity index is 1.32.